The molecule has 0 saturated carbocycles. The summed E-state index contributed by atoms with van der Waals surface area (Å²) in [5.74, 6) is 0.455. The molecule has 1 fully saturated rings. The highest BCUT2D eigenvalue weighted by molar-refractivity contribution is 7.09. The second-order valence-electron chi connectivity index (χ2n) is 8.34. The van der Waals surface area contributed by atoms with E-state index in [1.807, 2.05) is 65.3 Å². The largest absolute Gasteiger partial charge is 0.354 e. The lowest BCUT2D eigenvalue weighted by molar-refractivity contribution is -0.122. The van der Waals surface area contributed by atoms with Gasteiger partial charge in [-0.1, -0.05) is 12.1 Å². The molecular weight excluding hydrogens is 422 g/mol. The number of benzene rings is 1. The molecule has 168 valence electrons. The Kier molecular flexibility index (Phi) is 6.99. The number of hydrogen-bond acceptors (Lipinski definition) is 5. The number of hydrogen-bond donors (Lipinski definition) is 1. The molecular formula is C24H29N5O2S. The van der Waals surface area contributed by atoms with Gasteiger partial charge in [0.05, 0.1) is 22.9 Å². The molecule has 3 heterocycles. The van der Waals surface area contributed by atoms with Gasteiger partial charge in [-0.3, -0.25) is 14.3 Å². The summed E-state index contributed by atoms with van der Waals surface area (Å²) in [6.07, 6.45) is 4.14. The minimum absolute atomic E-state index is 0.0587. The van der Waals surface area contributed by atoms with Gasteiger partial charge in [-0.15, -0.1) is 11.3 Å². The van der Waals surface area contributed by atoms with Crippen LogP contribution < -0.4 is 5.32 Å². The molecule has 0 radical (unpaired) electrons. The molecule has 1 aliphatic rings. The summed E-state index contributed by atoms with van der Waals surface area (Å²) in [5.41, 5.74) is 3.65. The van der Waals surface area contributed by atoms with E-state index < -0.39 is 0 Å². The first kappa shape index (κ1) is 22.2. The minimum Gasteiger partial charge on any atom is -0.354 e. The number of thiazole rings is 1. The molecule has 3 aromatic rings. The fraction of sp³-hybridized carbons (Fsp3) is 0.417. The van der Waals surface area contributed by atoms with Crippen LogP contribution >= 0.6 is 11.3 Å². The third kappa shape index (κ3) is 5.62. The Morgan fingerprint density at radius 1 is 1.12 bits per heavy atom. The molecule has 2 amide bonds. The lowest BCUT2D eigenvalue weighted by Gasteiger charge is -2.32. The van der Waals surface area contributed by atoms with E-state index in [-0.39, 0.29) is 11.8 Å². The molecule has 32 heavy (non-hydrogen) atoms. The first-order valence-corrected chi connectivity index (χ1v) is 11.9. The van der Waals surface area contributed by atoms with Crippen molar-refractivity contribution in [2.75, 3.05) is 19.6 Å². The molecule has 4 rings (SSSR count). The molecule has 8 heteroatoms. The van der Waals surface area contributed by atoms with Crippen LogP contribution in [0.4, 0.5) is 0 Å². The van der Waals surface area contributed by atoms with Gasteiger partial charge in [-0.2, -0.15) is 5.10 Å². The third-order valence-corrected chi connectivity index (χ3v) is 6.63. The molecule has 1 aromatic carbocycles. The van der Waals surface area contributed by atoms with Crippen molar-refractivity contribution in [3.05, 3.63) is 58.2 Å². The van der Waals surface area contributed by atoms with Crippen molar-refractivity contribution >= 4 is 23.2 Å². The maximum Gasteiger partial charge on any atom is 0.253 e. The van der Waals surface area contributed by atoms with E-state index in [4.69, 9.17) is 0 Å². The van der Waals surface area contributed by atoms with Crippen LogP contribution in [0.2, 0.25) is 0 Å². The van der Waals surface area contributed by atoms with Crippen LogP contribution in [0.3, 0.4) is 0 Å². The number of likely N-dealkylation sites (tertiary alicyclic amines) is 1. The minimum atomic E-state index is 0.0587. The smallest absolute Gasteiger partial charge is 0.253 e. The Morgan fingerprint density at radius 3 is 2.50 bits per heavy atom. The fourth-order valence-corrected chi connectivity index (χ4v) is 4.66. The first-order valence-electron chi connectivity index (χ1n) is 11.1. The average molecular weight is 452 g/mol. The Morgan fingerprint density at radius 2 is 1.88 bits per heavy atom. The summed E-state index contributed by atoms with van der Waals surface area (Å²) < 4.78 is 1.84. The Bertz CT molecular complexity index is 1060. The summed E-state index contributed by atoms with van der Waals surface area (Å²) >= 11 is 1.62. The predicted octanol–water partition coefficient (Wildman–Crippen LogP) is 3.68. The summed E-state index contributed by atoms with van der Waals surface area (Å²) in [4.78, 5) is 31.5. The maximum absolute atomic E-state index is 12.9. The zero-order valence-electron chi connectivity index (χ0n) is 18.6. The SMILES string of the molecule is Cc1ccn(CCNC(=O)CC2CCN(C(=O)c3ccc(-c4csc(C)n4)cc3)CC2)n1. The van der Waals surface area contributed by atoms with Crippen molar-refractivity contribution < 1.29 is 9.59 Å². The van der Waals surface area contributed by atoms with E-state index in [1.165, 1.54) is 0 Å². The average Bonchev–Trinajstić information content (AvgIpc) is 3.42. The second-order valence-corrected chi connectivity index (χ2v) is 9.40. The summed E-state index contributed by atoms with van der Waals surface area (Å²) in [6.45, 7) is 6.57. The number of piperidine rings is 1. The first-order chi connectivity index (χ1) is 15.5. The molecule has 0 aliphatic carbocycles. The van der Waals surface area contributed by atoms with E-state index in [1.54, 1.807) is 11.3 Å². The highest BCUT2D eigenvalue weighted by atomic mass is 32.1. The predicted molar refractivity (Wildman–Crippen MR) is 126 cm³/mol. The van der Waals surface area contributed by atoms with E-state index >= 15 is 0 Å². The van der Waals surface area contributed by atoms with Crippen LogP contribution in [0, 0.1) is 19.8 Å². The van der Waals surface area contributed by atoms with Crippen molar-refractivity contribution in [2.24, 2.45) is 5.92 Å². The topological polar surface area (TPSA) is 80.1 Å². The quantitative estimate of drug-likeness (QED) is 0.594. The lowest BCUT2D eigenvalue weighted by atomic mass is 9.92. The van der Waals surface area contributed by atoms with Gasteiger partial charge >= 0.3 is 0 Å². The van der Waals surface area contributed by atoms with Crippen LogP contribution in [0.15, 0.2) is 41.9 Å². The Labute approximate surface area is 192 Å². The molecule has 1 saturated heterocycles. The van der Waals surface area contributed by atoms with Crippen molar-refractivity contribution in [1.82, 2.24) is 25.0 Å². The van der Waals surface area contributed by atoms with Gasteiger partial charge < -0.3 is 10.2 Å². The molecule has 1 aliphatic heterocycles. The third-order valence-electron chi connectivity index (χ3n) is 5.86. The molecule has 1 N–H and O–H groups in total. The number of carbonyl (C=O) groups is 2. The van der Waals surface area contributed by atoms with Gasteiger partial charge in [0, 0.05) is 48.8 Å². The van der Waals surface area contributed by atoms with Crippen LogP contribution in [-0.2, 0) is 11.3 Å². The number of carbonyl (C=O) groups excluding carboxylic acids is 2. The fourth-order valence-electron chi connectivity index (χ4n) is 4.03. The van der Waals surface area contributed by atoms with Gasteiger partial charge in [0.1, 0.15) is 0 Å². The van der Waals surface area contributed by atoms with E-state index in [0.717, 1.165) is 34.8 Å². The number of amides is 2. The number of aryl methyl sites for hydroxylation is 2. The highest BCUT2D eigenvalue weighted by Gasteiger charge is 2.25. The maximum atomic E-state index is 12.9. The molecule has 0 bridgehead atoms. The van der Waals surface area contributed by atoms with E-state index in [0.29, 0.717) is 44.1 Å². The summed E-state index contributed by atoms with van der Waals surface area (Å²) in [6, 6.07) is 9.64. The van der Waals surface area contributed by atoms with Crippen molar-refractivity contribution in [3.63, 3.8) is 0 Å². The van der Waals surface area contributed by atoms with Gasteiger partial charge in [-0.25, -0.2) is 4.98 Å². The van der Waals surface area contributed by atoms with Crippen LogP contribution in [-0.4, -0.2) is 51.1 Å². The number of rotatable bonds is 7. The van der Waals surface area contributed by atoms with E-state index in [9.17, 15) is 9.59 Å². The van der Waals surface area contributed by atoms with Crippen molar-refractivity contribution in [3.8, 4) is 11.3 Å². The summed E-state index contributed by atoms with van der Waals surface area (Å²) in [5, 5.41) is 10.4. The zero-order chi connectivity index (χ0) is 22.5. The zero-order valence-corrected chi connectivity index (χ0v) is 19.4. The monoisotopic (exact) mass is 451 g/mol. The second kappa shape index (κ2) is 10.1. The number of aromatic nitrogens is 3. The molecule has 0 unspecified atom stereocenters. The Balaban J connectivity index is 1.20. The normalized spacial score (nSPS) is 14.5. The standard InChI is InChI=1S/C24H29N5O2S/c1-17-7-13-29(27-17)14-10-25-23(30)15-19-8-11-28(12-9-19)24(31)21-5-3-20(4-6-21)22-16-32-18(2)26-22/h3-7,13,16,19H,8-12,14-15H2,1-2H3,(H,25,30). The van der Waals surface area contributed by atoms with Crippen LogP contribution in [0.5, 0.6) is 0 Å². The highest BCUT2D eigenvalue weighted by Crippen LogP contribution is 2.24. The molecule has 0 atom stereocenters. The summed E-state index contributed by atoms with van der Waals surface area (Å²) in [7, 11) is 0. The van der Waals surface area contributed by atoms with Gasteiger partial charge in [0.25, 0.3) is 5.91 Å². The van der Waals surface area contributed by atoms with Gasteiger partial charge in [0.2, 0.25) is 5.91 Å². The molecule has 7 nitrogen and oxygen atoms in total. The number of nitrogens with zero attached hydrogens (tertiary/aromatic N) is 4. The van der Waals surface area contributed by atoms with Crippen LogP contribution in [0.1, 0.15) is 40.3 Å². The molecule has 0 spiro atoms. The van der Waals surface area contributed by atoms with Gasteiger partial charge in [0.15, 0.2) is 0 Å². The van der Waals surface area contributed by atoms with Crippen molar-refractivity contribution in [1.29, 1.82) is 0 Å². The number of nitrogens with one attached hydrogen (secondary N) is 1. The van der Waals surface area contributed by atoms with Crippen molar-refractivity contribution in [2.45, 2.75) is 39.7 Å². The lowest BCUT2D eigenvalue weighted by Crippen LogP contribution is -2.39. The Hall–Kier alpha value is -3.00. The van der Waals surface area contributed by atoms with Gasteiger partial charge in [-0.05, 0) is 50.8 Å². The molecule has 2 aromatic heterocycles. The van der Waals surface area contributed by atoms with E-state index in [2.05, 4.69) is 15.4 Å². The van der Waals surface area contributed by atoms with Crippen LogP contribution in [0.25, 0.3) is 11.3 Å².